The molecule has 2 heteroatoms. The number of rotatable bonds is 2. The fraction of sp³-hybridized carbons (Fsp3) is 0.167. The molecular weight excluding hydrogens is 248 g/mol. The molecule has 0 saturated heterocycles. The third-order valence-corrected chi connectivity index (χ3v) is 3.88. The Kier molecular flexibility index (Phi) is 3.15. The summed E-state index contributed by atoms with van der Waals surface area (Å²) in [5, 5.41) is 9.19. The van der Waals surface area contributed by atoms with Gasteiger partial charge in [-0.2, -0.15) is 0 Å². The Hall–Kier alpha value is -2.35. The molecule has 0 saturated carbocycles. The zero-order valence-electron chi connectivity index (χ0n) is 11.4. The molecular formula is C18H16O2. The standard InChI is InChI=1S/C18H16O2/c1-12-7-8-13-9-10-15(18(19)20)11-16(13)17(12)14-5-3-2-4-6-14/h2-6,9-11H,7-8H2,1H3,(H,19,20). The molecule has 3 rings (SSSR count). The molecule has 0 aromatic heterocycles. The monoisotopic (exact) mass is 264 g/mol. The van der Waals surface area contributed by atoms with E-state index in [4.69, 9.17) is 0 Å². The van der Waals surface area contributed by atoms with Crippen molar-refractivity contribution in [3.63, 3.8) is 0 Å². The second kappa shape index (κ2) is 4.97. The van der Waals surface area contributed by atoms with Crippen LogP contribution in [0.5, 0.6) is 0 Å². The lowest BCUT2D eigenvalue weighted by molar-refractivity contribution is 0.0697. The van der Waals surface area contributed by atoms with Gasteiger partial charge in [0.05, 0.1) is 5.56 Å². The summed E-state index contributed by atoms with van der Waals surface area (Å²) in [5.74, 6) is -0.872. The topological polar surface area (TPSA) is 37.3 Å². The van der Waals surface area contributed by atoms with Gasteiger partial charge in [-0.05, 0) is 54.2 Å². The zero-order chi connectivity index (χ0) is 14.1. The van der Waals surface area contributed by atoms with Gasteiger partial charge in [0.1, 0.15) is 0 Å². The van der Waals surface area contributed by atoms with Crippen LogP contribution >= 0.6 is 0 Å². The molecule has 0 atom stereocenters. The molecule has 100 valence electrons. The predicted octanol–water partition coefficient (Wildman–Crippen LogP) is 4.15. The van der Waals surface area contributed by atoms with Crippen molar-refractivity contribution in [3.8, 4) is 0 Å². The second-order valence-electron chi connectivity index (χ2n) is 5.20. The Morgan fingerprint density at radius 3 is 2.50 bits per heavy atom. The predicted molar refractivity (Wildman–Crippen MR) is 79.9 cm³/mol. The Balaban J connectivity index is 2.21. The number of benzene rings is 2. The van der Waals surface area contributed by atoms with Crippen molar-refractivity contribution in [2.24, 2.45) is 0 Å². The molecule has 0 amide bonds. The van der Waals surface area contributed by atoms with Gasteiger partial charge in [-0.1, -0.05) is 42.0 Å². The van der Waals surface area contributed by atoms with Gasteiger partial charge in [0.25, 0.3) is 0 Å². The van der Waals surface area contributed by atoms with Gasteiger partial charge in [-0.15, -0.1) is 0 Å². The van der Waals surface area contributed by atoms with E-state index in [-0.39, 0.29) is 0 Å². The van der Waals surface area contributed by atoms with Crippen molar-refractivity contribution in [1.29, 1.82) is 0 Å². The van der Waals surface area contributed by atoms with Crippen LogP contribution in [0.3, 0.4) is 0 Å². The maximum absolute atomic E-state index is 11.2. The van der Waals surface area contributed by atoms with Crippen molar-refractivity contribution in [1.82, 2.24) is 0 Å². The van der Waals surface area contributed by atoms with Crippen LogP contribution in [0.1, 0.15) is 40.4 Å². The first kappa shape index (κ1) is 12.7. The number of fused-ring (bicyclic) bond motifs is 1. The molecule has 1 aliphatic rings. The Bertz CT molecular complexity index is 697. The van der Waals surface area contributed by atoms with Gasteiger partial charge in [-0.3, -0.25) is 0 Å². The molecule has 1 N–H and O–H groups in total. The number of aryl methyl sites for hydroxylation is 1. The summed E-state index contributed by atoms with van der Waals surface area (Å²) in [6.45, 7) is 2.14. The summed E-state index contributed by atoms with van der Waals surface area (Å²) in [7, 11) is 0. The fourth-order valence-electron chi connectivity index (χ4n) is 2.84. The van der Waals surface area contributed by atoms with Crippen molar-refractivity contribution in [3.05, 3.63) is 76.4 Å². The molecule has 1 aliphatic carbocycles. The molecule has 0 unspecified atom stereocenters. The minimum Gasteiger partial charge on any atom is -0.478 e. The number of carbonyl (C=O) groups is 1. The third-order valence-electron chi connectivity index (χ3n) is 3.88. The molecule has 0 radical (unpaired) electrons. The van der Waals surface area contributed by atoms with Gasteiger partial charge in [0.15, 0.2) is 0 Å². The van der Waals surface area contributed by atoms with Gasteiger partial charge in [0.2, 0.25) is 0 Å². The zero-order valence-corrected chi connectivity index (χ0v) is 11.4. The summed E-state index contributed by atoms with van der Waals surface area (Å²) >= 11 is 0. The van der Waals surface area contributed by atoms with Gasteiger partial charge in [-0.25, -0.2) is 4.79 Å². The molecule has 2 aromatic carbocycles. The first-order valence-corrected chi connectivity index (χ1v) is 6.78. The van der Waals surface area contributed by atoms with Crippen molar-refractivity contribution in [2.75, 3.05) is 0 Å². The van der Waals surface area contributed by atoms with Crippen LogP contribution in [0.15, 0.2) is 54.1 Å². The minimum absolute atomic E-state index is 0.354. The summed E-state index contributed by atoms with van der Waals surface area (Å²) in [4.78, 5) is 11.2. The summed E-state index contributed by atoms with van der Waals surface area (Å²) in [6, 6.07) is 15.7. The number of aromatic carboxylic acids is 1. The van der Waals surface area contributed by atoms with E-state index >= 15 is 0 Å². The van der Waals surface area contributed by atoms with E-state index in [1.54, 1.807) is 6.07 Å². The molecule has 0 fully saturated rings. The average molecular weight is 264 g/mol. The maximum atomic E-state index is 11.2. The van der Waals surface area contributed by atoms with Crippen LogP contribution in [-0.2, 0) is 6.42 Å². The smallest absolute Gasteiger partial charge is 0.335 e. The average Bonchev–Trinajstić information content (AvgIpc) is 2.47. The van der Waals surface area contributed by atoms with E-state index in [1.807, 2.05) is 30.3 Å². The maximum Gasteiger partial charge on any atom is 0.335 e. The molecule has 20 heavy (non-hydrogen) atoms. The van der Waals surface area contributed by atoms with Crippen LogP contribution in [0.2, 0.25) is 0 Å². The SMILES string of the molecule is CC1=C(c2ccccc2)c2cc(C(=O)O)ccc2CC1. The highest BCUT2D eigenvalue weighted by Crippen LogP contribution is 2.36. The van der Waals surface area contributed by atoms with E-state index in [0.717, 1.165) is 24.0 Å². The highest BCUT2D eigenvalue weighted by atomic mass is 16.4. The van der Waals surface area contributed by atoms with Crippen LogP contribution in [0, 0.1) is 0 Å². The number of allylic oxidation sites excluding steroid dienone is 1. The lowest BCUT2D eigenvalue weighted by Gasteiger charge is -2.22. The molecule has 0 aliphatic heterocycles. The number of hydrogen-bond acceptors (Lipinski definition) is 1. The molecule has 2 aromatic rings. The normalized spacial score (nSPS) is 14.1. The quantitative estimate of drug-likeness (QED) is 0.884. The minimum atomic E-state index is -0.872. The van der Waals surface area contributed by atoms with Crippen molar-refractivity contribution < 1.29 is 9.90 Å². The number of carboxylic acids is 1. The number of hydrogen-bond donors (Lipinski definition) is 1. The van der Waals surface area contributed by atoms with Gasteiger partial charge >= 0.3 is 5.97 Å². The Labute approximate surface area is 118 Å². The fourth-order valence-corrected chi connectivity index (χ4v) is 2.84. The van der Waals surface area contributed by atoms with Gasteiger partial charge in [0, 0.05) is 0 Å². The van der Waals surface area contributed by atoms with E-state index in [2.05, 4.69) is 19.1 Å². The summed E-state index contributed by atoms with van der Waals surface area (Å²) in [5.41, 5.74) is 6.33. The first-order chi connectivity index (χ1) is 9.66. The van der Waals surface area contributed by atoms with Crippen LogP contribution in [0.4, 0.5) is 0 Å². The largest absolute Gasteiger partial charge is 0.478 e. The van der Waals surface area contributed by atoms with E-state index in [1.165, 1.54) is 16.7 Å². The van der Waals surface area contributed by atoms with Crippen molar-refractivity contribution >= 4 is 11.5 Å². The highest BCUT2D eigenvalue weighted by molar-refractivity contribution is 5.92. The van der Waals surface area contributed by atoms with E-state index in [9.17, 15) is 9.90 Å². The Morgan fingerprint density at radius 2 is 1.80 bits per heavy atom. The van der Waals surface area contributed by atoms with Gasteiger partial charge < -0.3 is 5.11 Å². The van der Waals surface area contributed by atoms with Crippen LogP contribution < -0.4 is 0 Å². The lowest BCUT2D eigenvalue weighted by atomic mass is 9.82. The van der Waals surface area contributed by atoms with E-state index in [0.29, 0.717) is 5.56 Å². The summed E-state index contributed by atoms with van der Waals surface area (Å²) < 4.78 is 0. The summed E-state index contributed by atoms with van der Waals surface area (Å²) in [6.07, 6.45) is 2.01. The van der Waals surface area contributed by atoms with E-state index < -0.39 is 5.97 Å². The molecule has 0 spiro atoms. The van der Waals surface area contributed by atoms with Crippen LogP contribution in [0.25, 0.3) is 5.57 Å². The number of carboxylic acid groups (broad SMARTS) is 1. The third kappa shape index (κ3) is 2.14. The van der Waals surface area contributed by atoms with Crippen LogP contribution in [-0.4, -0.2) is 11.1 Å². The molecule has 0 heterocycles. The highest BCUT2D eigenvalue weighted by Gasteiger charge is 2.19. The first-order valence-electron chi connectivity index (χ1n) is 6.78. The van der Waals surface area contributed by atoms with Crippen molar-refractivity contribution in [2.45, 2.75) is 19.8 Å². The molecule has 2 nitrogen and oxygen atoms in total. The lowest BCUT2D eigenvalue weighted by Crippen LogP contribution is -2.07. The molecule has 0 bridgehead atoms. The second-order valence-corrected chi connectivity index (χ2v) is 5.20. The Morgan fingerprint density at radius 1 is 1.05 bits per heavy atom.